The summed E-state index contributed by atoms with van der Waals surface area (Å²) in [5, 5.41) is 0.506. The Balaban J connectivity index is 1.87. The minimum absolute atomic E-state index is 0.0467. The van der Waals surface area contributed by atoms with Crippen molar-refractivity contribution in [1.29, 1.82) is 0 Å². The van der Waals surface area contributed by atoms with Crippen molar-refractivity contribution in [3.8, 4) is 5.75 Å². The summed E-state index contributed by atoms with van der Waals surface area (Å²) in [5.74, 6) is 0.777. The molecule has 0 aliphatic rings. The van der Waals surface area contributed by atoms with Crippen LogP contribution in [-0.2, 0) is 6.54 Å². The molecule has 5 aromatic rings. The lowest BCUT2D eigenvalue weighted by Crippen LogP contribution is -2.23. The van der Waals surface area contributed by atoms with Gasteiger partial charge in [-0.15, -0.1) is 0 Å². The molecule has 0 aliphatic heterocycles. The molecule has 0 amide bonds. The quantitative estimate of drug-likeness (QED) is 0.429. The highest BCUT2D eigenvalue weighted by atomic mass is 16.5. The Morgan fingerprint density at radius 2 is 1.71 bits per heavy atom. The summed E-state index contributed by atoms with van der Waals surface area (Å²) in [7, 11) is 1.65. The van der Waals surface area contributed by atoms with Crippen LogP contribution in [0, 0.1) is 0 Å². The van der Waals surface area contributed by atoms with Crippen LogP contribution >= 0.6 is 0 Å². The first-order valence-electron chi connectivity index (χ1n) is 10.4. The molecular weight excluding hydrogens is 390 g/mol. The van der Waals surface area contributed by atoms with E-state index in [1.54, 1.807) is 18.0 Å². The molecule has 0 unspecified atom stereocenters. The van der Waals surface area contributed by atoms with Crippen molar-refractivity contribution in [2.45, 2.75) is 32.9 Å². The summed E-state index contributed by atoms with van der Waals surface area (Å²) in [6, 6.07) is 15.6. The molecule has 0 spiro atoms. The van der Waals surface area contributed by atoms with Gasteiger partial charge in [0.15, 0.2) is 11.3 Å². The maximum absolute atomic E-state index is 13.5. The van der Waals surface area contributed by atoms with Gasteiger partial charge >= 0.3 is 0 Å². The molecule has 7 nitrogen and oxygen atoms in total. The second kappa shape index (κ2) is 7.50. The summed E-state index contributed by atoms with van der Waals surface area (Å²) in [6.07, 6.45) is 2.47. The fourth-order valence-corrected chi connectivity index (χ4v) is 3.98. The zero-order valence-electron chi connectivity index (χ0n) is 17.7. The van der Waals surface area contributed by atoms with Gasteiger partial charge in [-0.2, -0.15) is 0 Å². The van der Waals surface area contributed by atoms with Gasteiger partial charge in [0, 0.05) is 11.6 Å². The van der Waals surface area contributed by atoms with Gasteiger partial charge in [-0.1, -0.05) is 37.3 Å². The number of hydrogen-bond acceptors (Lipinski definition) is 5. The number of rotatable bonds is 5. The third kappa shape index (κ3) is 3.04. The molecule has 0 aliphatic carbocycles. The summed E-state index contributed by atoms with van der Waals surface area (Å²) in [4.78, 5) is 27.9. The molecule has 0 N–H and O–H groups in total. The Hall–Kier alpha value is -3.74. The van der Waals surface area contributed by atoms with E-state index in [2.05, 4.69) is 6.92 Å². The van der Waals surface area contributed by atoms with E-state index in [-0.39, 0.29) is 11.6 Å². The van der Waals surface area contributed by atoms with Crippen molar-refractivity contribution in [3.63, 3.8) is 0 Å². The summed E-state index contributed by atoms with van der Waals surface area (Å²) in [6.45, 7) is 4.54. The highest BCUT2D eigenvalue weighted by molar-refractivity contribution is 6.04. The number of ether oxygens (including phenoxy) is 1. The predicted octanol–water partition coefficient (Wildman–Crippen LogP) is 4.32. The van der Waals surface area contributed by atoms with Gasteiger partial charge in [-0.05, 0) is 31.5 Å². The van der Waals surface area contributed by atoms with Crippen LogP contribution in [0.25, 0.3) is 33.2 Å². The number of nitrogens with zero attached hydrogens (tertiary/aromatic N) is 5. The first kappa shape index (κ1) is 19.2. The first-order valence-corrected chi connectivity index (χ1v) is 10.4. The van der Waals surface area contributed by atoms with Gasteiger partial charge in [-0.3, -0.25) is 9.36 Å². The molecule has 156 valence electrons. The van der Waals surface area contributed by atoms with E-state index in [0.29, 0.717) is 28.7 Å². The predicted molar refractivity (Wildman–Crippen MR) is 122 cm³/mol. The van der Waals surface area contributed by atoms with Crippen LogP contribution in [0.5, 0.6) is 5.75 Å². The second-order valence-corrected chi connectivity index (χ2v) is 7.70. The van der Waals surface area contributed by atoms with Crippen molar-refractivity contribution >= 4 is 33.2 Å². The fraction of sp³-hybridized carbons (Fsp3) is 0.250. The van der Waals surface area contributed by atoms with E-state index < -0.39 is 0 Å². The Kier molecular flexibility index (Phi) is 4.66. The zero-order chi connectivity index (χ0) is 21.5. The minimum atomic E-state index is -0.0901. The van der Waals surface area contributed by atoms with Crippen LogP contribution in [0.15, 0.2) is 59.7 Å². The van der Waals surface area contributed by atoms with E-state index in [4.69, 9.17) is 19.7 Å². The Morgan fingerprint density at radius 1 is 1.00 bits per heavy atom. The zero-order valence-corrected chi connectivity index (χ0v) is 17.7. The van der Waals surface area contributed by atoms with Crippen LogP contribution in [-0.4, -0.2) is 31.2 Å². The lowest BCUT2D eigenvalue weighted by atomic mass is 10.2. The largest absolute Gasteiger partial charge is 0.496 e. The molecule has 0 bridgehead atoms. The highest BCUT2D eigenvalue weighted by Crippen LogP contribution is 2.28. The maximum atomic E-state index is 13.5. The summed E-state index contributed by atoms with van der Waals surface area (Å²) < 4.78 is 9.19. The fourth-order valence-electron chi connectivity index (χ4n) is 3.98. The van der Waals surface area contributed by atoms with Gasteiger partial charge < -0.3 is 9.30 Å². The second-order valence-electron chi connectivity index (χ2n) is 7.70. The number of hydrogen-bond donors (Lipinski definition) is 0. The number of para-hydroxylation sites is 3. The smallest absolute Gasteiger partial charge is 0.265 e. The maximum Gasteiger partial charge on any atom is 0.265 e. The van der Waals surface area contributed by atoms with Crippen LogP contribution in [0.1, 0.15) is 31.9 Å². The first-order chi connectivity index (χ1) is 15.1. The number of fused-ring (bicyclic) bond motifs is 4. The van der Waals surface area contributed by atoms with Gasteiger partial charge in [0.05, 0.1) is 24.7 Å². The molecular formula is C24H23N5O2. The average molecular weight is 413 g/mol. The molecule has 3 aromatic heterocycles. The number of aromatic nitrogens is 5. The molecule has 3 heterocycles. The summed E-state index contributed by atoms with van der Waals surface area (Å²) >= 11 is 0. The van der Waals surface area contributed by atoms with Crippen LogP contribution < -0.4 is 10.3 Å². The number of benzene rings is 2. The van der Waals surface area contributed by atoms with E-state index in [1.165, 1.54) is 0 Å². The van der Waals surface area contributed by atoms with Crippen LogP contribution in [0.3, 0.4) is 0 Å². The third-order valence-electron chi connectivity index (χ3n) is 5.86. The van der Waals surface area contributed by atoms with Gasteiger partial charge in [0.1, 0.15) is 23.0 Å². The highest BCUT2D eigenvalue weighted by Gasteiger charge is 2.21. The van der Waals surface area contributed by atoms with Crippen LogP contribution in [0.4, 0.5) is 0 Å². The van der Waals surface area contributed by atoms with E-state index in [0.717, 1.165) is 28.8 Å². The van der Waals surface area contributed by atoms with Crippen molar-refractivity contribution in [2.75, 3.05) is 7.11 Å². The van der Waals surface area contributed by atoms with E-state index >= 15 is 0 Å². The average Bonchev–Trinajstić information content (AvgIpc) is 3.11. The normalized spacial score (nSPS) is 12.6. The van der Waals surface area contributed by atoms with Crippen molar-refractivity contribution in [1.82, 2.24) is 24.1 Å². The molecule has 0 fully saturated rings. The van der Waals surface area contributed by atoms with Gasteiger partial charge in [0.25, 0.3) is 5.56 Å². The van der Waals surface area contributed by atoms with Crippen LogP contribution in [0.2, 0.25) is 0 Å². The van der Waals surface area contributed by atoms with Gasteiger partial charge in [-0.25, -0.2) is 15.0 Å². The Morgan fingerprint density at radius 3 is 2.45 bits per heavy atom. The van der Waals surface area contributed by atoms with Crippen molar-refractivity contribution in [2.24, 2.45) is 0 Å². The molecule has 31 heavy (non-hydrogen) atoms. The number of methoxy groups -OCH3 is 1. The molecule has 1 atom stereocenters. The minimum Gasteiger partial charge on any atom is -0.496 e. The third-order valence-corrected chi connectivity index (χ3v) is 5.86. The SMILES string of the molecule is CC[C@H](C)n1cnc2c(c1=O)c1nc3ccccc3nc1n2Cc1ccccc1OC. The van der Waals surface area contributed by atoms with Gasteiger partial charge in [0.2, 0.25) is 0 Å². The molecule has 0 radical (unpaired) electrons. The Bertz CT molecular complexity index is 1480. The molecule has 0 saturated heterocycles. The van der Waals surface area contributed by atoms with E-state index in [9.17, 15) is 4.79 Å². The van der Waals surface area contributed by atoms with Crippen molar-refractivity contribution in [3.05, 3.63) is 70.8 Å². The Labute approximate surface area is 179 Å². The molecule has 7 heteroatoms. The topological polar surface area (TPSA) is 74.8 Å². The molecule has 0 saturated carbocycles. The molecule has 2 aromatic carbocycles. The lowest BCUT2D eigenvalue weighted by Gasteiger charge is -2.13. The van der Waals surface area contributed by atoms with E-state index in [1.807, 2.05) is 60.0 Å². The summed E-state index contributed by atoms with van der Waals surface area (Å²) in [5.41, 5.74) is 4.23. The molecule has 5 rings (SSSR count). The monoisotopic (exact) mass is 413 g/mol. The van der Waals surface area contributed by atoms with Crippen molar-refractivity contribution < 1.29 is 4.74 Å². The lowest BCUT2D eigenvalue weighted by molar-refractivity contribution is 0.409. The standard InChI is InChI=1S/C24H23N5O2/c1-4-15(2)29-14-25-22-20(24(29)30)21-23(27-18-11-7-6-10-17(18)26-21)28(22)13-16-9-5-8-12-19(16)31-3/h5-12,14-15H,4,13H2,1-3H3/t15-/m0/s1.